The number of hydrogen-bond acceptors (Lipinski definition) is 4. The lowest BCUT2D eigenvalue weighted by Gasteiger charge is -2.24. The molecule has 0 radical (unpaired) electrons. The number of carbonyl (C=O) groups is 1. The number of carboxylic acids is 1. The zero-order valence-corrected chi connectivity index (χ0v) is 18.5. The summed E-state index contributed by atoms with van der Waals surface area (Å²) in [5.41, 5.74) is 1.71. The quantitative estimate of drug-likeness (QED) is 0.578. The van der Waals surface area contributed by atoms with E-state index in [0.717, 1.165) is 11.1 Å². The van der Waals surface area contributed by atoms with Crippen molar-refractivity contribution in [2.24, 2.45) is 0 Å². The second-order valence-electron chi connectivity index (χ2n) is 9.42. The molecule has 172 valence electrons. The van der Waals surface area contributed by atoms with Gasteiger partial charge in [0, 0.05) is 36.1 Å². The van der Waals surface area contributed by atoms with Crippen LogP contribution >= 0.6 is 0 Å². The first-order chi connectivity index (χ1) is 15.6. The number of aromatic nitrogens is 2. The number of rotatable bonds is 4. The molecule has 2 heterocycles. The van der Waals surface area contributed by atoms with Gasteiger partial charge in [-0.3, -0.25) is 9.36 Å². The summed E-state index contributed by atoms with van der Waals surface area (Å²) in [7, 11) is 0. The van der Waals surface area contributed by atoms with E-state index in [-0.39, 0.29) is 30.0 Å². The minimum atomic E-state index is -2.74. The molecule has 2 atom stereocenters. The standard InChI is InChI=1S/C25H25F2N3O3/c1-14-11-17(15(2)28-19-6-4-3-5-16(19)22(32)33)20-18(12-14)21(31)30-10-9-24(23(30)29-20)7-8-25(26,27)13-24/h3-6,11-12,15,28H,7-10,13H2,1-2H3,(H,32,33)/t15-,24-/m1/s1. The molecule has 6 nitrogen and oxygen atoms in total. The Balaban J connectivity index is 1.64. The van der Waals surface area contributed by atoms with E-state index in [2.05, 4.69) is 5.32 Å². The summed E-state index contributed by atoms with van der Waals surface area (Å²) in [4.78, 5) is 29.9. The molecule has 0 bridgehead atoms. The molecular weight excluding hydrogens is 428 g/mol. The summed E-state index contributed by atoms with van der Waals surface area (Å²) in [6.07, 6.45) is 0.346. The topological polar surface area (TPSA) is 84.2 Å². The van der Waals surface area contributed by atoms with Gasteiger partial charge in [0.15, 0.2) is 0 Å². The highest BCUT2D eigenvalue weighted by atomic mass is 19.3. The van der Waals surface area contributed by atoms with Crippen LogP contribution in [0.2, 0.25) is 0 Å². The number of anilines is 1. The number of nitrogens with one attached hydrogen (secondary N) is 1. The van der Waals surface area contributed by atoms with E-state index in [1.807, 2.05) is 19.9 Å². The number of para-hydroxylation sites is 1. The van der Waals surface area contributed by atoms with Gasteiger partial charge in [-0.25, -0.2) is 18.6 Å². The fraction of sp³-hybridized carbons (Fsp3) is 0.400. The second-order valence-corrected chi connectivity index (χ2v) is 9.42. The van der Waals surface area contributed by atoms with E-state index < -0.39 is 17.3 Å². The molecule has 0 unspecified atom stereocenters. The van der Waals surface area contributed by atoms with Crippen molar-refractivity contribution in [2.75, 3.05) is 5.32 Å². The number of fused-ring (bicyclic) bond motifs is 3. The molecule has 1 aliphatic carbocycles. The minimum absolute atomic E-state index is 0.141. The molecule has 8 heteroatoms. The summed E-state index contributed by atoms with van der Waals surface area (Å²) in [5, 5.41) is 13.2. The van der Waals surface area contributed by atoms with Crippen molar-refractivity contribution in [2.45, 2.75) is 63.5 Å². The van der Waals surface area contributed by atoms with Crippen molar-refractivity contribution >= 4 is 22.6 Å². The molecule has 2 aliphatic rings. The third-order valence-corrected chi connectivity index (χ3v) is 7.08. The van der Waals surface area contributed by atoms with Crippen LogP contribution in [0.3, 0.4) is 0 Å². The summed E-state index contributed by atoms with van der Waals surface area (Å²) in [6.45, 7) is 4.16. The highest BCUT2D eigenvalue weighted by molar-refractivity contribution is 5.94. The highest BCUT2D eigenvalue weighted by Crippen LogP contribution is 2.52. The first-order valence-corrected chi connectivity index (χ1v) is 11.1. The molecular formula is C25H25F2N3O3. The van der Waals surface area contributed by atoms with Gasteiger partial charge >= 0.3 is 5.97 Å². The van der Waals surface area contributed by atoms with Crippen LogP contribution in [0.5, 0.6) is 0 Å². The number of carboxylic acid groups (broad SMARTS) is 1. The Kier molecular flexibility index (Phi) is 4.81. The first-order valence-electron chi connectivity index (χ1n) is 11.1. The number of aryl methyl sites for hydroxylation is 1. The lowest BCUT2D eigenvalue weighted by Crippen LogP contribution is -2.28. The maximum atomic E-state index is 14.2. The van der Waals surface area contributed by atoms with Gasteiger partial charge in [0.2, 0.25) is 5.92 Å². The molecule has 0 amide bonds. The lowest BCUT2D eigenvalue weighted by molar-refractivity contribution is 0.00241. The Morgan fingerprint density at radius 2 is 1.97 bits per heavy atom. The van der Waals surface area contributed by atoms with Crippen LogP contribution in [-0.2, 0) is 12.0 Å². The number of alkyl halides is 2. The van der Waals surface area contributed by atoms with Gasteiger partial charge in [0.1, 0.15) is 5.82 Å². The molecule has 5 rings (SSSR count). The largest absolute Gasteiger partial charge is 0.478 e. The zero-order valence-electron chi connectivity index (χ0n) is 18.5. The Morgan fingerprint density at radius 1 is 1.21 bits per heavy atom. The lowest BCUT2D eigenvalue weighted by atomic mass is 9.84. The SMILES string of the molecule is Cc1cc([C@@H](C)Nc2ccccc2C(=O)O)c2nc3n(c(=O)c2c1)CC[C@@]31CCC(F)(F)C1. The van der Waals surface area contributed by atoms with Gasteiger partial charge in [-0.1, -0.05) is 18.2 Å². The number of benzene rings is 2. The van der Waals surface area contributed by atoms with Crippen LogP contribution < -0.4 is 10.9 Å². The molecule has 1 spiro atoms. The smallest absolute Gasteiger partial charge is 0.337 e. The van der Waals surface area contributed by atoms with Gasteiger partial charge in [-0.05, 0) is 50.5 Å². The predicted molar refractivity (Wildman–Crippen MR) is 121 cm³/mol. The summed E-state index contributed by atoms with van der Waals surface area (Å²) >= 11 is 0. The van der Waals surface area contributed by atoms with Crippen molar-refractivity contribution < 1.29 is 18.7 Å². The van der Waals surface area contributed by atoms with Gasteiger partial charge in [-0.2, -0.15) is 0 Å². The maximum absolute atomic E-state index is 14.2. The van der Waals surface area contributed by atoms with Crippen LogP contribution in [0.15, 0.2) is 41.2 Å². The van der Waals surface area contributed by atoms with Gasteiger partial charge in [0.25, 0.3) is 5.56 Å². The predicted octanol–water partition coefficient (Wildman–Crippen LogP) is 5.04. The van der Waals surface area contributed by atoms with E-state index >= 15 is 0 Å². The number of hydrogen-bond donors (Lipinski definition) is 2. The van der Waals surface area contributed by atoms with Crippen molar-refractivity contribution in [1.29, 1.82) is 0 Å². The first kappa shape index (κ1) is 21.6. The molecule has 1 saturated carbocycles. The average Bonchev–Trinajstić information content (AvgIpc) is 3.27. The molecule has 1 fully saturated rings. The summed E-state index contributed by atoms with van der Waals surface area (Å²) < 4.78 is 29.9. The van der Waals surface area contributed by atoms with E-state index in [1.165, 1.54) is 6.07 Å². The molecule has 2 aromatic carbocycles. The average molecular weight is 453 g/mol. The van der Waals surface area contributed by atoms with Crippen LogP contribution in [0, 0.1) is 6.92 Å². The Hall–Kier alpha value is -3.29. The highest BCUT2D eigenvalue weighted by Gasteiger charge is 2.54. The van der Waals surface area contributed by atoms with Gasteiger partial charge in [0.05, 0.1) is 22.5 Å². The Bertz CT molecular complexity index is 1350. The van der Waals surface area contributed by atoms with Crippen LogP contribution in [0.4, 0.5) is 14.5 Å². The van der Waals surface area contributed by atoms with Gasteiger partial charge in [-0.15, -0.1) is 0 Å². The van der Waals surface area contributed by atoms with Crippen molar-refractivity contribution in [3.05, 3.63) is 69.3 Å². The molecule has 33 heavy (non-hydrogen) atoms. The van der Waals surface area contributed by atoms with Crippen LogP contribution in [0.1, 0.15) is 66.0 Å². The molecule has 3 aromatic rings. The monoisotopic (exact) mass is 453 g/mol. The van der Waals surface area contributed by atoms with Crippen molar-refractivity contribution in [3.8, 4) is 0 Å². The summed E-state index contributed by atoms with van der Waals surface area (Å²) in [6, 6.07) is 9.94. The molecule has 1 aromatic heterocycles. The van der Waals surface area contributed by atoms with E-state index in [0.29, 0.717) is 41.8 Å². The number of nitrogens with zero attached hydrogens (tertiary/aromatic N) is 2. The molecule has 2 N–H and O–H groups in total. The third kappa shape index (κ3) is 3.48. The van der Waals surface area contributed by atoms with Crippen LogP contribution in [-0.4, -0.2) is 26.5 Å². The normalized spacial score (nSPS) is 21.9. The summed E-state index contributed by atoms with van der Waals surface area (Å²) in [5.74, 6) is -3.33. The van der Waals surface area contributed by atoms with Crippen LogP contribution in [0.25, 0.3) is 10.9 Å². The van der Waals surface area contributed by atoms with Crippen molar-refractivity contribution in [3.63, 3.8) is 0 Å². The number of halogens is 2. The third-order valence-electron chi connectivity index (χ3n) is 7.08. The number of aromatic carboxylic acids is 1. The van der Waals surface area contributed by atoms with E-state index in [1.54, 1.807) is 28.8 Å². The molecule has 1 aliphatic heterocycles. The van der Waals surface area contributed by atoms with E-state index in [9.17, 15) is 23.5 Å². The molecule has 0 saturated heterocycles. The fourth-order valence-electron chi connectivity index (χ4n) is 5.49. The zero-order chi connectivity index (χ0) is 23.5. The second kappa shape index (κ2) is 7.37. The van der Waals surface area contributed by atoms with E-state index in [4.69, 9.17) is 4.98 Å². The van der Waals surface area contributed by atoms with Crippen molar-refractivity contribution in [1.82, 2.24) is 9.55 Å². The Morgan fingerprint density at radius 3 is 2.67 bits per heavy atom. The Labute approximate surface area is 189 Å². The van der Waals surface area contributed by atoms with Gasteiger partial charge < -0.3 is 10.4 Å². The fourth-order valence-corrected chi connectivity index (χ4v) is 5.49. The minimum Gasteiger partial charge on any atom is -0.478 e. The maximum Gasteiger partial charge on any atom is 0.337 e.